The Balaban J connectivity index is 1.97. The smallest absolute Gasteiger partial charge is 0.267 e. The molecule has 2 aromatic rings. The van der Waals surface area contributed by atoms with Crippen molar-refractivity contribution in [2.24, 2.45) is 5.73 Å². The van der Waals surface area contributed by atoms with E-state index in [9.17, 15) is 9.59 Å². The normalized spacial score (nSPS) is 11.9. The summed E-state index contributed by atoms with van der Waals surface area (Å²) in [7, 11) is 0. The molecule has 0 heterocycles. The molecule has 0 saturated heterocycles. The van der Waals surface area contributed by atoms with Crippen molar-refractivity contribution < 1.29 is 14.8 Å². The van der Waals surface area contributed by atoms with Crippen molar-refractivity contribution in [1.82, 2.24) is 16.1 Å². The zero-order valence-corrected chi connectivity index (χ0v) is 17.2. The second kappa shape index (κ2) is 12.1. The lowest BCUT2D eigenvalue weighted by Gasteiger charge is -2.20. The molecular weight excluding hydrogens is 394 g/mol. The fraction of sp³-hybridized carbons (Fsp3) is 0.261. The first-order valence-electron chi connectivity index (χ1n) is 9.73. The molecule has 0 aliphatic carbocycles. The molecule has 0 aliphatic rings. The van der Waals surface area contributed by atoms with Crippen molar-refractivity contribution in [3.8, 4) is 17.9 Å². The molecule has 2 rings (SSSR count). The molecule has 0 spiro atoms. The van der Waals surface area contributed by atoms with Gasteiger partial charge < -0.3 is 16.4 Å². The first-order chi connectivity index (χ1) is 14.9. The summed E-state index contributed by atoms with van der Waals surface area (Å²) in [6.45, 7) is 2.91. The van der Waals surface area contributed by atoms with E-state index in [2.05, 4.69) is 28.5 Å². The van der Waals surface area contributed by atoms with E-state index in [1.165, 1.54) is 5.48 Å². The number of carbonyl (C=O) groups excluding carboxylic acids is 2. The molecule has 160 valence electrons. The van der Waals surface area contributed by atoms with Crippen molar-refractivity contribution in [2.45, 2.75) is 32.0 Å². The molecule has 8 heteroatoms. The third kappa shape index (κ3) is 7.57. The fourth-order valence-corrected chi connectivity index (χ4v) is 2.66. The summed E-state index contributed by atoms with van der Waals surface area (Å²) < 4.78 is 0. The highest BCUT2D eigenvalue weighted by Gasteiger charge is 2.24. The first kappa shape index (κ1) is 23.6. The zero-order valence-electron chi connectivity index (χ0n) is 17.2. The Morgan fingerprint density at radius 1 is 1.06 bits per heavy atom. The second-order valence-corrected chi connectivity index (χ2v) is 6.90. The highest BCUT2D eigenvalue weighted by molar-refractivity contribution is 5.97. The molecule has 0 aliphatic heterocycles. The molecule has 2 amide bonds. The maximum atomic E-state index is 12.3. The SMILES string of the molecule is C[C@@H](N)C(NC(=O)c1ccc(C#Cc2ccc(CNCCC#N)cc2)cc1)C(=O)NO. The second-order valence-electron chi connectivity index (χ2n) is 6.90. The van der Waals surface area contributed by atoms with Crippen LogP contribution in [0, 0.1) is 23.2 Å². The Morgan fingerprint density at radius 3 is 2.16 bits per heavy atom. The maximum absolute atomic E-state index is 12.3. The Kier molecular flexibility index (Phi) is 9.21. The minimum absolute atomic E-state index is 0.343. The van der Waals surface area contributed by atoms with Crippen LogP contribution in [-0.4, -0.2) is 35.7 Å². The first-order valence-corrected chi connectivity index (χ1v) is 9.73. The molecule has 0 radical (unpaired) electrons. The van der Waals surface area contributed by atoms with Gasteiger partial charge in [0.15, 0.2) is 0 Å². The number of nitrogens with zero attached hydrogens (tertiary/aromatic N) is 1. The van der Waals surface area contributed by atoms with Crippen LogP contribution in [0.2, 0.25) is 0 Å². The quantitative estimate of drug-likeness (QED) is 0.187. The molecular formula is C23H25N5O3. The van der Waals surface area contributed by atoms with Gasteiger partial charge in [0.05, 0.1) is 6.07 Å². The van der Waals surface area contributed by atoms with Crippen LogP contribution in [-0.2, 0) is 11.3 Å². The van der Waals surface area contributed by atoms with Gasteiger partial charge in [0.1, 0.15) is 6.04 Å². The number of nitriles is 1. The lowest BCUT2D eigenvalue weighted by molar-refractivity contribution is -0.131. The van der Waals surface area contributed by atoms with Gasteiger partial charge in [-0.2, -0.15) is 5.26 Å². The van der Waals surface area contributed by atoms with Gasteiger partial charge in [0, 0.05) is 42.2 Å². The van der Waals surface area contributed by atoms with E-state index in [0.717, 1.165) is 16.7 Å². The highest BCUT2D eigenvalue weighted by Crippen LogP contribution is 2.07. The van der Waals surface area contributed by atoms with Gasteiger partial charge in [-0.25, -0.2) is 5.48 Å². The standard InChI is InChI=1S/C23H25N5O3/c1-16(25)21(23(30)28-31)27-22(29)20-11-9-18(10-12-20)4-3-17-5-7-19(8-6-17)15-26-14-2-13-24/h5-12,16,21,26,31H,2,14-15,25H2,1H3,(H,27,29)(H,28,30)/t16-,21?/m1/s1. The van der Waals surface area contributed by atoms with E-state index < -0.39 is 23.9 Å². The number of benzene rings is 2. The highest BCUT2D eigenvalue weighted by atomic mass is 16.5. The molecule has 1 unspecified atom stereocenters. The van der Waals surface area contributed by atoms with Crippen LogP contribution in [0.25, 0.3) is 0 Å². The molecule has 6 N–H and O–H groups in total. The molecule has 2 atom stereocenters. The number of amides is 2. The van der Waals surface area contributed by atoms with E-state index in [1.54, 1.807) is 31.2 Å². The van der Waals surface area contributed by atoms with Gasteiger partial charge in [-0.05, 0) is 48.9 Å². The molecule has 0 saturated carbocycles. The number of carbonyl (C=O) groups is 2. The van der Waals surface area contributed by atoms with Crippen LogP contribution >= 0.6 is 0 Å². The average Bonchev–Trinajstić information content (AvgIpc) is 2.79. The van der Waals surface area contributed by atoms with Crippen LogP contribution in [0.4, 0.5) is 0 Å². The van der Waals surface area contributed by atoms with Crippen LogP contribution in [0.15, 0.2) is 48.5 Å². The molecule has 0 bridgehead atoms. The number of hydrogen-bond donors (Lipinski definition) is 5. The Bertz CT molecular complexity index is 983. The predicted molar refractivity (Wildman–Crippen MR) is 116 cm³/mol. The molecule has 8 nitrogen and oxygen atoms in total. The summed E-state index contributed by atoms with van der Waals surface area (Å²) in [4.78, 5) is 23.9. The van der Waals surface area contributed by atoms with Gasteiger partial charge in [-0.3, -0.25) is 14.8 Å². The molecule has 0 aromatic heterocycles. The maximum Gasteiger partial charge on any atom is 0.267 e. The third-order valence-corrected chi connectivity index (χ3v) is 4.40. The van der Waals surface area contributed by atoms with Crippen molar-refractivity contribution in [3.63, 3.8) is 0 Å². The van der Waals surface area contributed by atoms with Crippen LogP contribution in [0.5, 0.6) is 0 Å². The minimum Gasteiger partial charge on any atom is -0.339 e. The number of nitrogens with two attached hydrogens (primary N) is 1. The lowest BCUT2D eigenvalue weighted by Crippen LogP contribution is -2.54. The Hall–Kier alpha value is -3.69. The van der Waals surface area contributed by atoms with Crippen LogP contribution < -0.4 is 21.8 Å². The van der Waals surface area contributed by atoms with Gasteiger partial charge in [-0.1, -0.05) is 24.0 Å². The monoisotopic (exact) mass is 419 g/mol. The van der Waals surface area contributed by atoms with E-state index in [0.29, 0.717) is 25.1 Å². The fourth-order valence-electron chi connectivity index (χ4n) is 2.66. The summed E-state index contributed by atoms with van der Waals surface area (Å²) in [5.41, 5.74) is 10.2. The zero-order chi connectivity index (χ0) is 22.6. The summed E-state index contributed by atoms with van der Waals surface area (Å²) in [6, 6.07) is 14.8. The van der Waals surface area contributed by atoms with Crippen molar-refractivity contribution >= 4 is 11.8 Å². The van der Waals surface area contributed by atoms with Crippen molar-refractivity contribution in [1.29, 1.82) is 5.26 Å². The number of rotatable bonds is 8. The third-order valence-electron chi connectivity index (χ3n) is 4.40. The summed E-state index contributed by atoms with van der Waals surface area (Å²) in [5, 5.41) is 23.0. The number of hydrogen-bond acceptors (Lipinski definition) is 6. The molecule has 0 fully saturated rings. The van der Waals surface area contributed by atoms with E-state index in [-0.39, 0.29) is 0 Å². The summed E-state index contributed by atoms with van der Waals surface area (Å²) in [5.74, 6) is 4.85. The van der Waals surface area contributed by atoms with Gasteiger partial charge >= 0.3 is 0 Å². The van der Waals surface area contributed by atoms with Crippen LogP contribution in [0.3, 0.4) is 0 Å². The van der Waals surface area contributed by atoms with Crippen molar-refractivity contribution in [3.05, 3.63) is 70.8 Å². The number of hydroxylamine groups is 1. The minimum atomic E-state index is -1.05. The molecule has 31 heavy (non-hydrogen) atoms. The summed E-state index contributed by atoms with van der Waals surface area (Å²) in [6.07, 6.45) is 0.481. The van der Waals surface area contributed by atoms with E-state index >= 15 is 0 Å². The average molecular weight is 419 g/mol. The molecule has 2 aromatic carbocycles. The number of nitrogens with one attached hydrogen (secondary N) is 3. The van der Waals surface area contributed by atoms with Crippen LogP contribution in [0.1, 0.15) is 40.4 Å². The Labute approximate surface area is 181 Å². The lowest BCUT2D eigenvalue weighted by atomic mass is 10.1. The summed E-state index contributed by atoms with van der Waals surface area (Å²) >= 11 is 0. The van der Waals surface area contributed by atoms with E-state index in [4.69, 9.17) is 16.2 Å². The Morgan fingerprint density at radius 2 is 1.65 bits per heavy atom. The topological polar surface area (TPSA) is 140 Å². The van der Waals surface area contributed by atoms with Gasteiger partial charge in [0.25, 0.3) is 11.8 Å². The van der Waals surface area contributed by atoms with Crippen molar-refractivity contribution in [2.75, 3.05) is 6.54 Å². The largest absolute Gasteiger partial charge is 0.339 e. The predicted octanol–water partition coefficient (Wildman–Crippen LogP) is 1.04. The van der Waals surface area contributed by atoms with Gasteiger partial charge in [-0.15, -0.1) is 0 Å². The van der Waals surface area contributed by atoms with E-state index in [1.807, 2.05) is 24.3 Å². The van der Waals surface area contributed by atoms with Gasteiger partial charge in [0.2, 0.25) is 0 Å².